The lowest BCUT2D eigenvalue weighted by atomic mass is 9.81. The van der Waals surface area contributed by atoms with E-state index in [4.69, 9.17) is 43.4 Å². The molecule has 0 saturated heterocycles. The number of primary amides is 1. The normalized spacial score (nSPS) is 20.1. The fourth-order valence-corrected chi connectivity index (χ4v) is 6.22. The van der Waals surface area contributed by atoms with Crippen molar-refractivity contribution in [3.05, 3.63) is 80.8 Å². The van der Waals surface area contributed by atoms with Crippen molar-refractivity contribution in [2.45, 2.75) is 56.7 Å². The summed E-state index contributed by atoms with van der Waals surface area (Å²) in [6, 6.07) is 10.9. The van der Waals surface area contributed by atoms with Crippen LogP contribution in [0.4, 0.5) is 4.39 Å². The molecule has 7 rings (SSSR count). The number of ether oxygens (including phenoxy) is 2. The van der Waals surface area contributed by atoms with E-state index in [0.717, 1.165) is 12.8 Å². The van der Waals surface area contributed by atoms with Crippen LogP contribution in [0.2, 0.25) is 10.0 Å². The fourth-order valence-electron chi connectivity index (χ4n) is 5.88. The number of aryl methyl sites for hydroxylation is 1. The lowest BCUT2D eigenvalue weighted by Crippen LogP contribution is -2.44. The highest BCUT2D eigenvalue weighted by atomic mass is 35.5. The molecule has 12 heteroatoms. The number of amides is 2. The minimum Gasteiger partial charge on any atom is -0.489 e. The van der Waals surface area contributed by atoms with Gasteiger partial charge >= 0.3 is 0 Å². The van der Waals surface area contributed by atoms with Gasteiger partial charge in [0.1, 0.15) is 46.1 Å². The van der Waals surface area contributed by atoms with Gasteiger partial charge in [0.2, 0.25) is 5.91 Å². The number of fused-ring (bicyclic) bond motifs is 2. The van der Waals surface area contributed by atoms with Crippen LogP contribution < -0.4 is 20.5 Å². The maximum atomic E-state index is 14.1. The average Bonchev–Trinajstić information content (AvgIpc) is 3.97. The number of hydrogen-bond donors (Lipinski definition) is 3. The average molecular weight is 666 g/mol. The van der Waals surface area contributed by atoms with Gasteiger partial charge in [0, 0.05) is 22.1 Å². The predicted octanol–water partition coefficient (Wildman–Crippen LogP) is 5.76. The summed E-state index contributed by atoms with van der Waals surface area (Å²) in [5.74, 6) is -1.07. The van der Waals surface area contributed by atoms with E-state index in [0.29, 0.717) is 62.7 Å². The van der Waals surface area contributed by atoms with Crippen LogP contribution in [-0.2, 0) is 15.8 Å². The molecule has 4 N–H and O–H groups in total. The second-order valence-electron chi connectivity index (χ2n) is 12.6. The number of carbonyl (C=O) groups excluding carboxylic acids is 2. The summed E-state index contributed by atoms with van der Waals surface area (Å²) in [7, 11) is 0. The zero-order valence-electron chi connectivity index (χ0n) is 25.1. The summed E-state index contributed by atoms with van der Waals surface area (Å²) in [6.45, 7) is 3.26. The molecule has 1 aliphatic heterocycles. The summed E-state index contributed by atoms with van der Waals surface area (Å²) in [6.07, 6.45) is 3.33. The molecule has 238 valence electrons. The molecule has 3 heterocycles. The third kappa shape index (κ3) is 5.32. The van der Waals surface area contributed by atoms with Crippen LogP contribution in [0.3, 0.4) is 0 Å². The van der Waals surface area contributed by atoms with Crippen LogP contribution in [0.5, 0.6) is 11.5 Å². The third-order valence-corrected chi connectivity index (χ3v) is 9.79. The van der Waals surface area contributed by atoms with Crippen LogP contribution >= 0.6 is 23.2 Å². The zero-order chi connectivity index (χ0) is 32.5. The number of aromatic nitrogens is 2. The minimum absolute atomic E-state index is 0.0328. The van der Waals surface area contributed by atoms with Crippen molar-refractivity contribution in [1.29, 1.82) is 0 Å². The van der Waals surface area contributed by atoms with Crippen LogP contribution in [0, 0.1) is 18.7 Å². The van der Waals surface area contributed by atoms with E-state index >= 15 is 0 Å². The van der Waals surface area contributed by atoms with Crippen molar-refractivity contribution >= 4 is 45.9 Å². The number of carbonyl (C=O) groups is 2. The Labute approximate surface area is 274 Å². The number of hydrogen-bond acceptors (Lipinski definition) is 7. The van der Waals surface area contributed by atoms with Crippen molar-refractivity contribution in [1.82, 2.24) is 15.3 Å². The Kier molecular flexibility index (Phi) is 7.38. The SMILES string of the molecule is Cc1nc2c(OC3CC3)cc(C(=O)NCC(O)(c3cc4c(c(-c5ccc(F)c(Cl)c5)n3)OC[C@]4(C)C(N)=O)C3CC3)cc2cc1Cl. The van der Waals surface area contributed by atoms with E-state index in [1.54, 1.807) is 31.2 Å². The maximum absolute atomic E-state index is 14.1. The highest BCUT2D eigenvalue weighted by Gasteiger charge is 2.50. The molecule has 0 radical (unpaired) electrons. The van der Waals surface area contributed by atoms with E-state index in [9.17, 15) is 19.1 Å². The van der Waals surface area contributed by atoms with E-state index in [1.165, 1.54) is 18.2 Å². The van der Waals surface area contributed by atoms with Gasteiger partial charge in [-0.25, -0.2) is 14.4 Å². The van der Waals surface area contributed by atoms with Gasteiger partial charge in [0.25, 0.3) is 5.91 Å². The quantitative estimate of drug-likeness (QED) is 0.207. The Balaban J connectivity index is 1.26. The highest BCUT2D eigenvalue weighted by molar-refractivity contribution is 6.32. The Morgan fingerprint density at radius 2 is 1.89 bits per heavy atom. The molecule has 2 fully saturated rings. The van der Waals surface area contributed by atoms with Crippen LogP contribution in [0.15, 0.2) is 42.5 Å². The first-order chi connectivity index (χ1) is 21.9. The molecular formula is C34H31Cl2FN4O5. The number of pyridine rings is 2. The summed E-state index contributed by atoms with van der Waals surface area (Å²) < 4.78 is 26.1. The number of aliphatic hydroxyl groups is 1. The molecular weight excluding hydrogens is 634 g/mol. The molecule has 2 aromatic carbocycles. The molecule has 2 saturated carbocycles. The molecule has 0 spiro atoms. The summed E-state index contributed by atoms with van der Waals surface area (Å²) in [5, 5.41) is 16.2. The zero-order valence-corrected chi connectivity index (χ0v) is 26.6. The van der Waals surface area contributed by atoms with Crippen molar-refractivity contribution in [3.8, 4) is 22.8 Å². The van der Waals surface area contributed by atoms with Crippen molar-refractivity contribution < 1.29 is 28.6 Å². The van der Waals surface area contributed by atoms with Crippen LogP contribution in [-0.4, -0.2) is 46.1 Å². The van der Waals surface area contributed by atoms with Gasteiger partial charge in [-0.2, -0.15) is 0 Å². The van der Waals surface area contributed by atoms with Crippen molar-refractivity contribution in [3.63, 3.8) is 0 Å². The molecule has 1 unspecified atom stereocenters. The summed E-state index contributed by atoms with van der Waals surface area (Å²) in [5.41, 5.74) is 5.98. The second-order valence-corrected chi connectivity index (χ2v) is 13.5. The second kappa shape index (κ2) is 11.1. The molecule has 2 amide bonds. The number of nitrogens with two attached hydrogens (primary N) is 1. The number of rotatable bonds is 9. The lowest BCUT2D eigenvalue weighted by Gasteiger charge is -2.30. The summed E-state index contributed by atoms with van der Waals surface area (Å²) in [4.78, 5) is 35.7. The molecule has 2 aliphatic carbocycles. The van der Waals surface area contributed by atoms with Gasteiger partial charge in [-0.05, 0) is 87.9 Å². The molecule has 3 aliphatic rings. The Morgan fingerprint density at radius 3 is 2.57 bits per heavy atom. The third-order valence-electron chi connectivity index (χ3n) is 9.12. The van der Waals surface area contributed by atoms with Gasteiger partial charge in [-0.3, -0.25) is 9.59 Å². The van der Waals surface area contributed by atoms with Crippen LogP contribution in [0.1, 0.15) is 59.9 Å². The van der Waals surface area contributed by atoms with E-state index in [1.807, 2.05) is 6.92 Å². The molecule has 9 nitrogen and oxygen atoms in total. The molecule has 2 atom stereocenters. The van der Waals surface area contributed by atoms with Crippen LogP contribution in [0.25, 0.3) is 22.2 Å². The highest BCUT2D eigenvalue weighted by Crippen LogP contribution is 2.50. The number of halogens is 3. The standard InChI is InChI=1S/C34H31Cl2FN4O5/c1-16-23(35)11-18-9-19(12-26(28(18)40-16)46-21-6-7-21)31(42)39-14-34(44,20-4-5-20)27-13-22-30(45-15-33(22,2)32(38)43)29(41-27)17-3-8-25(37)24(36)10-17/h3,8-13,20-21,44H,4-7,14-15H2,1-2H3,(H2,38,43)(H,39,42)/t33-,34?/m0/s1. The number of nitrogens with one attached hydrogen (secondary N) is 1. The minimum atomic E-state index is -1.61. The van der Waals surface area contributed by atoms with E-state index in [2.05, 4.69) is 10.3 Å². The van der Waals surface area contributed by atoms with Gasteiger partial charge in [-0.1, -0.05) is 23.2 Å². The molecule has 46 heavy (non-hydrogen) atoms. The Hall–Kier alpha value is -3.99. The van der Waals surface area contributed by atoms with Gasteiger partial charge in [-0.15, -0.1) is 0 Å². The molecule has 4 aromatic rings. The lowest BCUT2D eigenvalue weighted by molar-refractivity contribution is -0.123. The van der Waals surface area contributed by atoms with Gasteiger partial charge in [0.05, 0.1) is 34.1 Å². The van der Waals surface area contributed by atoms with Crippen molar-refractivity contribution in [2.75, 3.05) is 13.2 Å². The van der Waals surface area contributed by atoms with Gasteiger partial charge in [0.15, 0.2) is 0 Å². The number of nitrogens with zero attached hydrogens (tertiary/aromatic N) is 2. The Bertz CT molecular complexity index is 1950. The first kappa shape index (κ1) is 30.7. The Morgan fingerprint density at radius 1 is 1.13 bits per heavy atom. The molecule has 0 bridgehead atoms. The largest absolute Gasteiger partial charge is 0.489 e. The van der Waals surface area contributed by atoms with Crippen molar-refractivity contribution in [2.24, 2.45) is 11.7 Å². The van der Waals surface area contributed by atoms with E-state index in [-0.39, 0.29) is 41.6 Å². The predicted molar refractivity (Wildman–Crippen MR) is 171 cm³/mol. The fraction of sp³-hybridized carbons (Fsp3) is 0.353. The maximum Gasteiger partial charge on any atom is 0.251 e. The monoisotopic (exact) mass is 664 g/mol. The van der Waals surface area contributed by atoms with E-state index < -0.39 is 28.6 Å². The van der Waals surface area contributed by atoms with Gasteiger partial charge < -0.3 is 25.6 Å². The number of benzene rings is 2. The first-order valence-electron chi connectivity index (χ1n) is 15.1. The summed E-state index contributed by atoms with van der Waals surface area (Å²) >= 11 is 12.5. The smallest absolute Gasteiger partial charge is 0.251 e. The topological polar surface area (TPSA) is 137 Å². The first-order valence-corrected chi connectivity index (χ1v) is 15.9. The molecule has 2 aromatic heterocycles.